The van der Waals surface area contributed by atoms with Gasteiger partial charge in [-0.15, -0.1) is 0 Å². The van der Waals surface area contributed by atoms with Crippen LogP contribution in [0.25, 0.3) is 11.3 Å². The van der Waals surface area contributed by atoms with Gasteiger partial charge in [0.1, 0.15) is 11.6 Å². The summed E-state index contributed by atoms with van der Waals surface area (Å²) in [6.07, 6.45) is 6.55. The maximum atomic E-state index is 5.34. The summed E-state index contributed by atoms with van der Waals surface area (Å²) in [6.45, 7) is 3.06. The number of hydrogen-bond donors (Lipinski definition) is 0. The van der Waals surface area contributed by atoms with E-state index in [1.165, 1.54) is 35.4 Å². The number of aromatic nitrogens is 3. The highest BCUT2D eigenvalue weighted by atomic mass is 16.5. The van der Waals surface area contributed by atoms with E-state index in [0.717, 1.165) is 49.7 Å². The summed E-state index contributed by atoms with van der Waals surface area (Å²) < 4.78 is 7.56. The summed E-state index contributed by atoms with van der Waals surface area (Å²) >= 11 is 0. The molecule has 0 saturated heterocycles. The molecule has 29 heavy (non-hydrogen) atoms. The topological polar surface area (TPSA) is 43.2 Å². The lowest BCUT2D eigenvalue weighted by molar-refractivity contribution is 0.273. The van der Waals surface area contributed by atoms with Gasteiger partial charge in [-0.3, -0.25) is 4.90 Å². The second-order valence-corrected chi connectivity index (χ2v) is 8.25. The Morgan fingerprint density at radius 2 is 1.83 bits per heavy atom. The molecular formula is C24H28N4O. The standard InChI is InChI=1S/C24H28N4O/c1-27-13-3-4-19(27)16-28-14-11-21-22(12-15-28)25-24(18-5-6-18)26-23(21)17-7-9-20(29-2)10-8-17/h3-4,7-10,13,18H,5-6,11-12,14-16H2,1-2H3. The van der Waals surface area contributed by atoms with Crippen molar-refractivity contribution in [3.63, 3.8) is 0 Å². The van der Waals surface area contributed by atoms with E-state index in [2.05, 4.69) is 47.0 Å². The molecule has 0 radical (unpaired) electrons. The summed E-state index contributed by atoms with van der Waals surface area (Å²) in [4.78, 5) is 12.6. The lowest BCUT2D eigenvalue weighted by Gasteiger charge is -2.20. The first kappa shape index (κ1) is 18.4. The molecule has 2 aliphatic rings. The second kappa shape index (κ2) is 7.64. The number of methoxy groups -OCH3 is 1. The van der Waals surface area contributed by atoms with Crippen molar-refractivity contribution in [3.05, 3.63) is 65.4 Å². The molecule has 1 aliphatic heterocycles. The zero-order valence-corrected chi connectivity index (χ0v) is 17.3. The van der Waals surface area contributed by atoms with Crippen LogP contribution >= 0.6 is 0 Å². The fourth-order valence-corrected chi connectivity index (χ4v) is 4.22. The van der Waals surface area contributed by atoms with Crippen LogP contribution in [0.3, 0.4) is 0 Å². The van der Waals surface area contributed by atoms with Crippen LogP contribution in [-0.4, -0.2) is 39.6 Å². The van der Waals surface area contributed by atoms with Crippen molar-refractivity contribution in [3.8, 4) is 17.0 Å². The minimum absolute atomic E-state index is 0.556. The fraction of sp³-hybridized carbons (Fsp3) is 0.417. The van der Waals surface area contributed by atoms with Crippen molar-refractivity contribution >= 4 is 0 Å². The van der Waals surface area contributed by atoms with Crippen LogP contribution in [-0.2, 0) is 26.4 Å². The van der Waals surface area contributed by atoms with Crippen LogP contribution in [0.5, 0.6) is 5.75 Å². The van der Waals surface area contributed by atoms with Gasteiger partial charge in [0.15, 0.2) is 0 Å². The molecule has 0 unspecified atom stereocenters. The van der Waals surface area contributed by atoms with E-state index in [0.29, 0.717) is 5.92 Å². The van der Waals surface area contributed by atoms with Gasteiger partial charge < -0.3 is 9.30 Å². The molecule has 0 amide bonds. The summed E-state index contributed by atoms with van der Waals surface area (Å²) in [5.41, 5.74) is 6.23. The number of hydrogen-bond acceptors (Lipinski definition) is 4. The second-order valence-electron chi connectivity index (χ2n) is 8.25. The first-order valence-corrected chi connectivity index (χ1v) is 10.6. The Morgan fingerprint density at radius 1 is 1.03 bits per heavy atom. The average Bonchev–Trinajstić information content (AvgIpc) is 3.55. The predicted octanol–water partition coefficient (Wildman–Crippen LogP) is 3.97. The van der Waals surface area contributed by atoms with Crippen molar-refractivity contribution in [2.24, 2.45) is 7.05 Å². The number of benzene rings is 1. The summed E-state index contributed by atoms with van der Waals surface area (Å²) in [5.74, 6) is 2.48. The minimum Gasteiger partial charge on any atom is -0.497 e. The normalized spacial score (nSPS) is 17.0. The van der Waals surface area contributed by atoms with E-state index in [9.17, 15) is 0 Å². The molecule has 1 aliphatic carbocycles. The molecule has 5 rings (SSSR count). The van der Waals surface area contributed by atoms with Gasteiger partial charge in [0.2, 0.25) is 0 Å². The highest BCUT2D eigenvalue weighted by molar-refractivity contribution is 5.65. The van der Waals surface area contributed by atoms with Crippen LogP contribution in [0.2, 0.25) is 0 Å². The maximum absolute atomic E-state index is 5.34. The predicted molar refractivity (Wildman–Crippen MR) is 114 cm³/mol. The quantitative estimate of drug-likeness (QED) is 0.663. The lowest BCUT2D eigenvalue weighted by Crippen LogP contribution is -2.26. The molecule has 0 atom stereocenters. The number of fused-ring (bicyclic) bond motifs is 1. The zero-order chi connectivity index (χ0) is 19.8. The fourth-order valence-electron chi connectivity index (χ4n) is 4.22. The third-order valence-corrected chi connectivity index (χ3v) is 6.20. The largest absolute Gasteiger partial charge is 0.497 e. The van der Waals surface area contributed by atoms with Gasteiger partial charge in [-0.2, -0.15) is 0 Å². The van der Waals surface area contributed by atoms with Crippen molar-refractivity contribution in [1.29, 1.82) is 0 Å². The molecule has 0 spiro atoms. The Labute approximate surface area is 172 Å². The molecule has 1 aromatic carbocycles. The van der Waals surface area contributed by atoms with E-state index in [-0.39, 0.29) is 0 Å². The molecular weight excluding hydrogens is 360 g/mol. The van der Waals surface area contributed by atoms with Gasteiger partial charge in [0, 0.05) is 67.7 Å². The van der Waals surface area contributed by atoms with Crippen molar-refractivity contribution < 1.29 is 4.74 Å². The van der Waals surface area contributed by atoms with Crippen LogP contribution in [0, 0.1) is 0 Å². The van der Waals surface area contributed by atoms with Gasteiger partial charge in [-0.25, -0.2) is 9.97 Å². The summed E-state index contributed by atoms with van der Waals surface area (Å²) in [6, 6.07) is 12.6. The number of nitrogens with zero attached hydrogens (tertiary/aromatic N) is 4. The highest BCUT2D eigenvalue weighted by Gasteiger charge is 2.29. The van der Waals surface area contributed by atoms with E-state index in [4.69, 9.17) is 14.7 Å². The number of rotatable bonds is 5. The first-order valence-electron chi connectivity index (χ1n) is 10.6. The van der Waals surface area contributed by atoms with Crippen LogP contribution in [0.15, 0.2) is 42.6 Å². The summed E-state index contributed by atoms with van der Waals surface area (Å²) in [5, 5.41) is 0. The Kier molecular flexibility index (Phi) is 4.84. The highest BCUT2D eigenvalue weighted by Crippen LogP contribution is 2.40. The number of ether oxygens (including phenoxy) is 1. The molecule has 0 bridgehead atoms. The lowest BCUT2D eigenvalue weighted by atomic mass is 10.0. The first-order chi connectivity index (χ1) is 14.2. The van der Waals surface area contributed by atoms with Crippen LogP contribution in [0.4, 0.5) is 0 Å². The molecule has 1 saturated carbocycles. The van der Waals surface area contributed by atoms with Crippen LogP contribution in [0.1, 0.15) is 41.5 Å². The maximum Gasteiger partial charge on any atom is 0.132 e. The van der Waals surface area contributed by atoms with Crippen molar-refractivity contribution in [2.45, 2.75) is 38.1 Å². The summed E-state index contributed by atoms with van der Waals surface area (Å²) in [7, 11) is 3.83. The van der Waals surface area contributed by atoms with E-state index in [1.807, 2.05) is 12.1 Å². The Balaban J connectivity index is 1.46. The van der Waals surface area contributed by atoms with Crippen molar-refractivity contribution in [2.75, 3.05) is 20.2 Å². The van der Waals surface area contributed by atoms with Gasteiger partial charge in [-0.1, -0.05) is 0 Å². The van der Waals surface area contributed by atoms with E-state index < -0.39 is 0 Å². The monoisotopic (exact) mass is 388 g/mol. The van der Waals surface area contributed by atoms with Crippen LogP contribution < -0.4 is 4.74 Å². The minimum atomic E-state index is 0.556. The average molecular weight is 389 g/mol. The molecule has 3 aromatic rings. The molecule has 3 heterocycles. The smallest absolute Gasteiger partial charge is 0.132 e. The molecule has 1 fully saturated rings. The molecule has 150 valence electrons. The third kappa shape index (κ3) is 3.79. The van der Waals surface area contributed by atoms with Gasteiger partial charge in [0.25, 0.3) is 0 Å². The molecule has 0 N–H and O–H groups in total. The SMILES string of the molecule is COc1ccc(-c2nc(C3CC3)nc3c2CCN(Cc2cccn2C)CC3)cc1. The van der Waals surface area contributed by atoms with E-state index in [1.54, 1.807) is 7.11 Å². The molecule has 5 nitrogen and oxygen atoms in total. The zero-order valence-electron chi connectivity index (χ0n) is 17.3. The Hall–Kier alpha value is -2.66. The van der Waals surface area contributed by atoms with Gasteiger partial charge in [-0.05, 0) is 55.7 Å². The third-order valence-electron chi connectivity index (χ3n) is 6.20. The van der Waals surface area contributed by atoms with Gasteiger partial charge >= 0.3 is 0 Å². The number of aryl methyl sites for hydroxylation is 1. The van der Waals surface area contributed by atoms with Gasteiger partial charge in [0.05, 0.1) is 12.8 Å². The Morgan fingerprint density at radius 3 is 2.52 bits per heavy atom. The van der Waals surface area contributed by atoms with E-state index >= 15 is 0 Å². The molecule has 5 heteroatoms. The molecule has 2 aromatic heterocycles. The Bertz CT molecular complexity index is 1000. The van der Waals surface area contributed by atoms with Crippen molar-refractivity contribution in [1.82, 2.24) is 19.4 Å².